The summed E-state index contributed by atoms with van der Waals surface area (Å²) in [7, 11) is 0. The van der Waals surface area contributed by atoms with E-state index < -0.39 is 11.9 Å². The second kappa shape index (κ2) is 5.69. The first kappa shape index (κ1) is 12.8. The molecule has 0 atom stereocenters. The van der Waals surface area contributed by atoms with E-state index in [0.717, 1.165) is 0 Å². The summed E-state index contributed by atoms with van der Waals surface area (Å²) in [5, 5.41) is 20.3. The highest BCUT2D eigenvalue weighted by molar-refractivity contribution is 6.34. The fourth-order valence-corrected chi connectivity index (χ4v) is 1.45. The molecule has 0 aliphatic heterocycles. The third-order valence-corrected chi connectivity index (χ3v) is 2.36. The highest BCUT2D eigenvalue weighted by Crippen LogP contribution is 2.21. The minimum absolute atomic E-state index is 0.149. The standard InChI is InChI=1S/C10H13ClN2O3/c11-7-2-1-3-8(12)9(7)10(16)13-6(4-14)5-15/h1-3,6,14-15H,4-5,12H2,(H,13,16). The van der Waals surface area contributed by atoms with Crippen molar-refractivity contribution in [3.8, 4) is 0 Å². The van der Waals surface area contributed by atoms with Gasteiger partial charge in [-0.1, -0.05) is 17.7 Å². The lowest BCUT2D eigenvalue weighted by Gasteiger charge is -2.14. The molecule has 88 valence electrons. The van der Waals surface area contributed by atoms with Gasteiger partial charge >= 0.3 is 0 Å². The molecule has 1 amide bonds. The van der Waals surface area contributed by atoms with Gasteiger partial charge in [-0.2, -0.15) is 0 Å². The van der Waals surface area contributed by atoms with Gasteiger partial charge in [-0.25, -0.2) is 0 Å². The van der Waals surface area contributed by atoms with Crippen LogP contribution < -0.4 is 11.1 Å². The maximum absolute atomic E-state index is 11.7. The molecule has 0 unspecified atom stereocenters. The molecule has 0 aliphatic carbocycles. The average molecular weight is 245 g/mol. The normalized spacial score (nSPS) is 10.5. The number of anilines is 1. The predicted molar refractivity (Wildman–Crippen MR) is 61.3 cm³/mol. The molecule has 0 aromatic heterocycles. The van der Waals surface area contributed by atoms with Crippen molar-refractivity contribution >= 4 is 23.2 Å². The molecule has 1 aromatic rings. The Morgan fingerprint density at radius 2 is 2.06 bits per heavy atom. The second-order valence-electron chi connectivity index (χ2n) is 3.24. The molecule has 0 aliphatic rings. The highest BCUT2D eigenvalue weighted by atomic mass is 35.5. The molecule has 0 fully saturated rings. The predicted octanol–water partition coefficient (Wildman–Crippen LogP) is 0.00520. The number of carbonyl (C=O) groups is 1. The van der Waals surface area contributed by atoms with Crippen LogP contribution in [0.5, 0.6) is 0 Å². The quantitative estimate of drug-likeness (QED) is 0.561. The number of nitrogens with one attached hydrogen (secondary N) is 1. The molecule has 0 spiro atoms. The van der Waals surface area contributed by atoms with Crippen molar-refractivity contribution in [1.82, 2.24) is 5.32 Å². The Bertz CT molecular complexity index is 360. The summed E-state index contributed by atoms with van der Waals surface area (Å²) in [4.78, 5) is 11.7. The van der Waals surface area contributed by atoms with E-state index in [1.807, 2.05) is 0 Å². The van der Waals surface area contributed by atoms with E-state index in [1.165, 1.54) is 0 Å². The van der Waals surface area contributed by atoms with Crippen molar-refractivity contribution < 1.29 is 15.0 Å². The number of aliphatic hydroxyl groups is 2. The topological polar surface area (TPSA) is 95.6 Å². The Morgan fingerprint density at radius 3 is 2.56 bits per heavy atom. The van der Waals surface area contributed by atoms with Crippen LogP contribution in [-0.2, 0) is 0 Å². The van der Waals surface area contributed by atoms with Crippen LogP contribution >= 0.6 is 11.6 Å². The number of nitrogen functional groups attached to an aromatic ring is 1. The molecule has 0 saturated heterocycles. The van der Waals surface area contributed by atoms with Crippen LogP contribution in [0.1, 0.15) is 10.4 Å². The Balaban J connectivity index is 2.88. The largest absolute Gasteiger partial charge is 0.398 e. The number of carbonyl (C=O) groups excluding carboxylic acids is 1. The Labute approximate surface area is 97.8 Å². The number of hydrogen-bond donors (Lipinski definition) is 4. The molecule has 5 N–H and O–H groups in total. The fourth-order valence-electron chi connectivity index (χ4n) is 1.19. The van der Waals surface area contributed by atoms with Gasteiger partial charge in [0.25, 0.3) is 5.91 Å². The minimum atomic E-state index is -0.719. The summed E-state index contributed by atoms with van der Waals surface area (Å²) < 4.78 is 0. The van der Waals surface area contributed by atoms with Gasteiger partial charge in [0.1, 0.15) is 0 Å². The van der Waals surface area contributed by atoms with Crippen LogP contribution in [0.2, 0.25) is 5.02 Å². The number of hydrogen-bond acceptors (Lipinski definition) is 4. The lowest BCUT2D eigenvalue weighted by molar-refractivity contribution is 0.0880. The first-order valence-corrected chi connectivity index (χ1v) is 5.04. The van der Waals surface area contributed by atoms with Crippen LogP contribution in [0.4, 0.5) is 5.69 Å². The zero-order valence-electron chi connectivity index (χ0n) is 8.48. The van der Waals surface area contributed by atoms with E-state index in [9.17, 15) is 4.79 Å². The first-order valence-electron chi connectivity index (χ1n) is 4.66. The van der Waals surface area contributed by atoms with Crippen LogP contribution in [-0.4, -0.2) is 35.4 Å². The SMILES string of the molecule is Nc1cccc(Cl)c1C(=O)NC(CO)CO. The molecule has 16 heavy (non-hydrogen) atoms. The smallest absolute Gasteiger partial charge is 0.255 e. The number of halogens is 1. The number of rotatable bonds is 4. The van der Waals surface area contributed by atoms with Gasteiger partial charge in [0.05, 0.1) is 29.8 Å². The zero-order valence-corrected chi connectivity index (χ0v) is 9.24. The van der Waals surface area contributed by atoms with Gasteiger partial charge in [-0.3, -0.25) is 4.79 Å². The molecule has 6 heteroatoms. The third kappa shape index (κ3) is 2.85. The first-order chi connectivity index (χ1) is 7.60. The average Bonchev–Trinajstić information content (AvgIpc) is 2.25. The van der Waals surface area contributed by atoms with E-state index in [-0.39, 0.29) is 29.5 Å². The number of nitrogens with two attached hydrogens (primary N) is 1. The van der Waals surface area contributed by atoms with Crippen molar-refractivity contribution in [2.24, 2.45) is 0 Å². The van der Waals surface area contributed by atoms with E-state index in [0.29, 0.717) is 0 Å². The zero-order chi connectivity index (χ0) is 12.1. The molecule has 0 saturated carbocycles. The number of benzene rings is 1. The van der Waals surface area contributed by atoms with Crippen LogP contribution in [0, 0.1) is 0 Å². The number of aliphatic hydroxyl groups excluding tert-OH is 2. The molecular weight excluding hydrogens is 232 g/mol. The van der Waals surface area contributed by atoms with Gasteiger partial charge in [-0.15, -0.1) is 0 Å². The monoisotopic (exact) mass is 244 g/mol. The van der Waals surface area contributed by atoms with E-state index in [4.69, 9.17) is 27.5 Å². The summed E-state index contributed by atoms with van der Waals surface area (Å²) in [5.41, 5.74) is 6.01. The Hall–Kier alpha value is -1.30. The molecule has 0 bridgehead atoms. The molecule has 1 rings (SSSR count). The Morgan fingerprint density at radius 1 is 1.44 bits per heavy atom. The van der Waals surface area contributed by atoms with Crippen molar-refractivity contribution in [3.05, 3.63) is 28.8 Å². The lowest BCUT2D eigenvalue weighted by Crippen LogP contribution is -2.40. The summed E-state index contributed by atoms with van der Waals surface area (Å²) in [6.07, 6.45) is 0. The molecule has 1 aromatic carbocycles. The summed E-state index contributed by atoms with van der Waals surface area (Å²) in [5.74, 6) is -0.517. The van der Waals surface area contributed by atoms with Crippen molar-refractivity contribution in [1.29, 1.82) is 0 Å². The second-order valence-corrected chi connectivity index (χ2v) is 3.65. The minimum Gasteiger partial charge on any atom is -0.398 e. The van der Waals surface area contributed by atoms with Crippen molar-refractivity contribution in [2.45, 2.75) is 6.04 Å². The third-order valence-electron chi connectivity index (χ3n) is 2.05. The molecule has 5 nitrogen and oxygen atoms in total. The van der Waals surface area contributed by atoms with E-state index >= 15 is 0 Å². The lowest BCUT2D eigenvalue weighted by atomic mass is 10.1. The highest BCUT2D eigenvalue weighted by Gasteiger charge is 2.17. The van der Waals surface area contributed by atoms with Crippen molar-refractivity contribution in [2.75, 3.05) is 18.9 Å². The van der Waals surface area contributed by atoms with E-state index in [2.05, 4.69) is 5.32 Å². The molecular formula is C10H13ClN2O3. The fraction of sp³-hybridized carbons (Fsp3) is 0.300. The van der Waals surface area contributed by atoms with Gasteiger partial charge in [-0.05, 0) is 12.1 Å². The van der Waals surface area contributed by atoms with Crippen LogP contribution in [0.3, 0.4) is 0 Å². The molecule has 0 heterocycles. The maximum atomic E-state index is 11.7. The summed E-state index contributed by atoms with van der Waals surface area (Å²) in [6.45, 7) is -0.709. The van der Waals surface area contributed by atoms with Crippen LogP contribution in [0.25, 0.3) is 0 Å². The van der Waals surface area contributed by atoms with E-state index in [1.54, 1.807) is 18.2 Å². The van der Waals surface area contributed by atoms with Crippen molar-refractivity contribution in [3.63, 3.8) is 0 Å². The van der Waals surface area contributed by atoms with Gasteiger partial charge < -0.3 is 21.3 Å². The van der Waals surface area contributed by atoms with Crippen LogP contribution in [0.15, 0.2) is 18.2 Å². The van der Waals surface area contributed by atoms with Gasteiger partial charge in [0.15, 0.2) is 0 Å². The summed E-state index contributed by atoms with van der Waals surface area (Å²) in [6, 6.07) is 4.00. The summed E-state index contributed by atoms with van der Waals surface area (Å²) >= 11 is 5.83. The number of amides is 1. The maximum Gasteiger partial charge on any atom is 0.255 e. The van der Waals surface area contributed by atoms with Gasteiger partial charge in [0.2, 0.25) is 0 Å². The van der Waals surface area contributed by atoms with Gasteiger partial charge in [0, 0.05) is 5.69 Å². The molecule has 0 radical (unpaired) electrons. The Kier molecular flexibility index (Phi) is 4.54.